The zero-order valence-electron chi connectivity index (χ0n) is 28.9. The summed E-state index contributed by atoms with van der Waals surface area (Å²) in [4.78, 5) is 2.86. The molecule has 0 spiro atoms. The molecule has 0 amide bonds. The van der Waals surface area contributed by atoms with Crippen molar-refractivity contribution in [3.8, 4) is 0 Å². The van der Waals surface area contributed by atoms with Gasteiger partial charge in [-0.05, 0) is 97.1 Å². The lowest BCUT2D eigenvalue weighted by Crippen LogP contribution is -3.00. The highest BCUT2D eigenvalue weighted by atomic mass is 79.9. The Balaban J connectivity index is 0.00000240. The minimum Gasteiger partial charge on any atom is -1.00 e. The lowest BCUT2D eigenvalue weighted by Gasteiger charge is -2.27. The summed E-state index contributed by atoms with van der Waals surface area (Å²) in [6.45, 7) is 0. The predicted octanol–water partition coefficient (Wildman–Crippen LogP) is 4.96. The lowest BCUT2D eigenvalue weighted by atomic mass is 10.4. The van der Waals surface area contributed by atoms with Crippen LogP contribution in [0.25, 0.3) is 0 Å². The van der Waals surface area contributed by atoms with Crippen molar-refractivity contribution in [1.29, 1.82) is 0 Å². The van der Waals surface area contributed by atoms with Crippen LogP contribution < -0.4 is 65.8 Å². The van der Waals surface area contributed by atoms with Gasteiger partial charge < -0.3 is 34.0 Å². The Morgan fingerprint density at radius 1 is 0.302 bits per heavy atom. The van der Waals surface area contributed by atoms with E-state index in [-0.39, 0.29) is 34.0 Å². The number of hydrogen-bond donors (Lipinski definition) is 0. The van der Waals surface area contributed by atoms with Crippen molar-refractivity contribution in [2.45, 2.75) is 20.7 Å². The van der Waals surface area contributed by atoms with Gasteiger partial charge in [0.2, 0.25) is 0 Å². The Morgan fingerprint density at radius 2 is 0.528 bits per heavy atom. The second-order valence-electron chi connectivity index (χ2n) is 12.5. The lowest BCUT2D eigenvalue weighted by molar-refractivity contribution is -0.001000. The van der Waals surface area contributed by atoms with Crippen molar-refractivity contribution in [1.82, 2.24) is 0 Å². The van der Waals surface area contributed by atoms with Crippen LogP contribution in [0.2, 0.25) is 0 Å². The second-order valence-corrected chi connectivity index (χ2v) is 23.4. The molecule has 7 heteroatoms. The number of halogens is 2. The van der Waals surface area contributed by atoms with Crippen molar-refractivity contribution in [3.63, 3.8) is 0 Å². The van der Waals surface area contributed by atoms with E-state index in [1.807, 2.05) is 34.4 Å². The fourth-order valence-electron chi connectivity index (χ4n) is 7.10. The first-order valence-electron chi connectivity index (χ1n) is 17.2. The summed E-state index contributed by atoms with van der Waals surface area (Å²) in [6.07, 6.45) is 2.01. The highest BCUT2D eigenvalue weighted by Crippen LogP contribution is 2.60. The van der Waals surface area contributed by atoms with E-state index in [1.165, 1.54) is 50.0 Å². The molecule has 8 rings (SSSR count). The summed E-state index contributed by atoms with van der Waals surface area (Å²) in [5, 5.41) is 8.56. The van der Waals surface area contributed by atoms with Gasteiger partial charge in [-0.15, -0.1) is 22.7 Å². The number of benzene rings is 6. The molecular formula is C46H38Br2P2S3. The Kier molecular flexibility index (Phi) is 13.8. The first-order valence-corrected chi connectivity index (χ1v) is 23.6. The third kappa shape index (κ3) is 8.43. The van der Waals surface area contributed by atoms with Crippen LogP contribution in [0, 0.1) is 0 Å². The number of thiophene rings is 2. The highest BCUT2D eigenvalue weighted by Gasteiger charge is 2.47. The Labute approximate surface area is 348 Å². The normalized spacial score (nSPS) is 11.3. The molecular weight excluding hydrogens is 870 g/mol. The van der Waals surface area contributed by atoms with Crippen molar-refractivity contribution in [3.05, 3.63) is 216 Å². The van der Waals surface area contributed by atoms with Gasteiger partial charge in [0.15, 0.2) is 0 Å². The van der Waals surface area contributed by atoms with E-state index < -0.39 is 14.5 Å². The molecule has 264 valence electrons. The van der Waals surface area contributed by atoms with Gasteiger partial charge in [-0.1, -0.05) is 121 Å². The van der Waals surface area contributed by atoms with Crippen LogP contribution in [0.4, 0.5) is 0 Å². The van der Waals surface area contributed by atoms with Crippen LogP contribution >= 0.6 is 49.0 Å². The van der Waals surface area contributed by atoms with Gasteiger partial charge in [-0.2, -0.15) is 0 Å². The van der Waals surface area contributed by atoms with Gasteiger partial charge in [0.05, 0.1) is 8.42 Å². The van der Waals surface area contributed by atoms with E-state index in [9.17, 15) is 0 Å². The molecule has 2 aromatic heterocycles. The predicted molar refractivity (Wildman–Crippen MR) is 230 cm³/mol. The van der Waals surface area contributed by atoms with E-state index in [4.69, 9.17) is 0 Å². The smallest absolute Gasteiger partial charge is 0.117 e. The molecule has 8 aromatic rings. The van der Waals surface area contributed by atoms with Crippen LogP contribution in [0.3, 0.4) is 0 Å². The fraction of sp³-hybridized carbons (Fsp3) is 0.0435. The zero-order chi connectivity index (χ0) is 34.4. The minimum atomic E-state index is -1.94. The molecule has 0 saturated carbocycles. The summed E-state index contributed by atoms with van der Waals surface area (Å²) < 4.78 is 2.70. The average molecular weight is 909 g/mol. The summed E-state index contributed by atoms with van der Waals surface area (Å²) in [7, 11) is -3.89. The van der Waals surface area contributed by atoms with E-state index in [0.717, 1.165) is 12.3 Å². The van der Waals surface area contributed by atoms with Crippen LogP contribution in [-0.2, 0) is 12.3 Å². The second kappa shape index (κ2) is 18.5. The van der Waals surface area contributed by atoms with Crippen molar-refractivity contribution in [2.24, 2.45) is 0 Å². The minimum absolute atomic E-state index is 0. The third-order valence-corrected chi connectivity index (χ3v) is 22.0. The topological polar surface area (TPSA) is 0 Å². The summed E-state index contributed by atoms with van der Waals surface area (Å²) in [5.41, 5.74) is 0. The van der Waals surface area contributed by atoms with E-state index in [2.05, 4.69) is 206 Å². The highest BCUT2D eigenvalue weighted by molar-refractivity contribution is 8.03. The van der Waals surface area contributed by atoms with Crippen LogP contribution in [0.15, 0.2) is 215 Å². The third-order valence-electron chi connectivity index (χ3n) is 9.44. The van der Waals surface area contributed by atoms with E-state index >= 15 is 0 Å². The molecule has 0 unspecified atom stereocenters. The molecule has 0 atom stereocenters. The first kappa shape index (κ1) is 39.6. The molecule has 0 aliphatic rings. The van der Waals surface area contributed by atoms with Gasteiger partial charge in [0.25, 0.3) is 0 Å². The molecule has 0 aliphatic carbocycles. The maximum Gasteiger partial charge on any atom is 0.117 e. The largest absolute Gasteiger partial charge is 1.00 e. The molecule has 0 saturated heterocycles. The molecule has 0 N–H and O–H groups in total. The van der Waals surface area contributed by atoms with Gasteiger partial charge >= 0.3 is 0 Å². The molecule has 2 heterocycles. The molecule has 0 radical (unpaired) electrons. The SMILES string of the molecule is [Br-].[Br-].c1ccc([P+](Cc2ccc(Sc3ccc(C[P+](c4ccccc4)(c4ccccc4)c4ccccc4)s3)s2)(c2ccccc2)c2ccccc2)cc1. The van der Waals surface area contributed by atoms with Crippen LogP contribution in [0.5, 0.6) is 0 Å². The number of hydrogen-bond acceptors (Lipinski definition) is 3. The maximum atomic E-state index is 2.38. The van der Waals surface area contributed by atoms with Gasteiger partial charge in [-0.3, -0.25) is 0 Å². The van der Waals surface area contributed by atoms with Crippen molar-refractivity contribution in [2.75, 3.05) is 0 Å². The average Bonchev–Trinajstić information content (AvgIpc) is 3.86. The maximum absolute atomic E-state index is 2.38. The Bertz CT molecular complexity index is 1920. The molecule has 0 aliphatic heterocycles. The molecule has 0 fully saturated rings. The van der Waals surface area contributed by atoms with Gasteiger partial charge in [-0.25, -0.2) is 0 Å². The zero-order valence-corrected chi connectivity index (χ0v) is 36.3. The summed E-state index contributed by atoms with van der Waals surface area (Å²) in [6, 6.07) is 76.7. The molecule has 53 heavy (non-hydrogen) atoms. The monoisotopic (exact) mass is 906 g/mol. The van der Waals surface area contributed by atoms with Crippen LogP contribution in [-0.4, -0.2) is 0 Å². The fourth-order valence-corrected chi connectivity index (χ4v) is 20.1. The Morgan fingerprint density at radius 3 is 0.755 bits per heavy atom. The van der Waals surface area contributed by atoms with Gasteiger partial charge in [0.1, 0.15) is 58.7 Å². The molecule has 6 aromatic carbocycles. The summed E-state index contributed by atoms with van der Waals surface area (Å²) >= 11 is 5.83. The van der Waals surface area contributed by atoms with Gasteiger partial charge in [0, 0.05) is 9.75 Å². The van der Waals surface area contributed by atoms with E-state index in [1.54, 1.807) is 0 Å². The standard InChI is InChI=1S/C46H38P2S3.2BrH/c1-7-19-37(20-8-1)47(38-21-9-2-10-22-38,39-23-11-3-12-24-39)35-43-31-33-45(49-43)51-46-34-32-44(50-46)36-48(40-25-13-4-14-26-40,41-27-15-5-16-28-41)42-29-17-6-18-30-42;;/h1-34H,35-36H2;2*1H/q+2;;/p-2. The van der Waals surface area contributed by atoms with Crippen molar-refractivity contribution < 1.29 is 34.0 Å². The quantitative estimate of drug-likeness (QED) is 0.157. The molecule has 0 nitrogen and oxygen atoms in total. The molecule has 0 bridgehead atoms. The first-order chi connectivity index (χ1) is 25.2. The Hall–Kier alpha value is -3.11. The number of rotatable bonds is 12. The van der Waals surface area contributed by atoms with E-state index in [0.29, 0.717) is 0 Å². The van der Waals surface area contributed by atoms with Crippen molar-refractivity contribution >= 4 is 80.8 Å². The summed E-state index contributed by atoms with van der Waals surface area (Å²) in [5.74, 6) is 0. The van der Waals surface area contributed by atoms with Crippen LogP contribution in [0.1, 0.15) is 9.75 Å².